The van der Waals surface area contributed by atoms with Crippen molar-refractivity contribution in [3.05, 3.63) is 16.8 Å². The lowest BCUT2D eigenvalue weighted by atomic mass is 10.3. The van der Waals surface area contributed by atoms with Gasteiger partial charge in [-0.25, -0.2) is 0 Å². The molecule has 1 N–H and O–H groups in total. The SMILES string of the molecule is CCNc1nc(-c2ccsc2)ns1. The van der Waals surface area contributed by atoms with E-state index in [4.69, 9.17) is 0 Å². The summed E-state index contributed by atoms with van der Waals surface area (Å²) in [6.45, 7) is 2.93. The highest BCUT2D eigenvalue weighted by atomic mass is 32.1. The molecule has 0 saturated carbocycles. The van der Waals surface area contributed by atoms with Crippen LogP contribution in [0.2, 0.25) is 0 Å². The smallest absolute Gasteiger partial charge is 0.202 e. The Labute approximate surface area is 84.6 Å². The first kappa shape index (κ1) is 8.65. The van der Waals surface area contributed by atoms with Gasteiger partial charge in [0.2, 0.25) is 5.13 Å². The zero-order valence-corrected chi connectivity index (χ0v) is 8.78. The van der Waals surface area contributed by atoms with E-state index in [1.807, 2.05) is 18.4 Å². The van der Waals surface area contributed by atoms with E-state index in [1.54, 1.807) is 11.3 Å². The molecule has 68 valence electrons. The van der Waals surface area contributed by atoms with Gasteiger partial charge < -0.3 is 5.32 Å². The number of nitrogens with zero attached hydrogens (tertiary/aromatic N) is 2. The number of thiophene rings is 1. The normalized spacial score (nSPS) is 10.2. The van der Waals surface area contributed by atoms with E-state index in [1.165, 1.54) is 11.5 Å². The monoisotopic (exact) mass is 211 g/mol. The summed E-state index contributed by atoms with van der Waals surface area (Å²) in [6.07, 6.45) is 0. The van der Waals surface area contributed by atoms with E-state index in [0.29, 0.717) is 0 Å². The highest BCUT2D eigenvalue weighted by molar-refractivity contribution is 7.10. The maximum atomic E-state index is 4.35. The van der Waals surface area contributed by atoms with Gasteiger partial charge in [0.05, 0.1) is 0 Å². The molecule has 0 spiro atoms. The van der Waals surface area contributed by atoms with Gasteiger partial charge in [0.15, 0.2) is 5.82 Å². The quantitative estimate of drug-likeness (QED) is 0.848. The second-order valence-corrected chi connectivity index (χ2v) is 4.00. The standard InChI is InChI=1S/C8H9N3S2/c1-2-9-8-10-7(11-13-8)6-3-4-12-5-6/h3-5H,2H2,1H3,(H,9,10,11). The molecule has 0 atom stereocenters. The van der Waals surface area contributed by atoms with Crippen molar-refractivity contribution in [2.75, 3.05) is 11.9 Å². The van der Waals surface area contributed by atoms with Crippen molar-refractivity contribution in [1.29, 1.82) is 0 Å². The molecule has 0 radical (unpaired) electrons. The molecule has 0 aromatic carbocycles. The van der Waals surface area contributed by atoms with Crippen LogP contribution in [0.5, 0.6) is 0 Å². The molecule has 0 aliphatic heterocycles. The van der Waals surface area contributed by atoms with Crippen LogP contribution in [-0.2, 0) is 0 Å². The average molecular weight is 211 g/mol. The van der Waals surface area contributed by atoms with Gasteiger partial charge in [0.25, 0.3) is 0 Å². The van der Waals surface area contributed by atoms with Crippen molar-refractivity contribution in [3.8, 4) is 11.4 Å². The number of nitrogens with one attached hydrogen (secondary N) is 1. The fraction of sp³-hybridized carbons (Fsp3) is 0.250. The first-order valence-electron chi connectivity index (χ1n) is 4.00. The lowest BCUT2D eigenvalue weighted by molar-refractivity contribution is 1.19. The molecule has 5 heteroatoms. The van der Waals surface area contributed by atoms with Gasteiger partial charge in [-0.05, 0) is 18.4 Å². The Morgan fingerprint density at radius 1 is 1.54 bits per heavy atom. The molecular formula is C8H9N3S2. The molecule has 3 nitrogen and oxygen atoms in total. The third-order valence-electron chi connectivity index (χ3n) is 1.53. The van der Waals surface area contributed by atoms with Crippen molar-refractivity contribution in [2.45, 2.75) is 6.92 Å². The lowest BCUT2D eigenvalue weighted by Gasteiger charge is -1.91. The van der Waals surface area contributed by atoms with Crippen LogP contribution in [0.4, 0.5) is 5.13 Å². The van der Waals surface area contributed by atoms with E-state index in [-0.39, 0.29) is 0 Å². The average Bonchev–Trinajstić information content (AvgIpc) is 2.70. The summed E-state index contributed by atoms with van der Waals surface area (Å²) in [5, 5.41) is 8.11. The largest absolute Gasteiger partial charge is 0.361 e. The van der Waals surface area contributed by atoms with Gasteiger partial charge >= 0.3 is 0 Å². The van der Waals surface area contributed by atoms with Crippen LogP contribution >= 0.6 is 22.9 Å². The van der Waals surface area contributed by atoms with Crippen LogP contribution < -0.4 is 5.32 Å². The molecule has 13 heavy (non-hydrogen) atoms. The summed E-state index contributed by atoms with van der Waals surface area (Å²) in [6, 6.07) is 2.03. The van der Waals surface area contributed by atoms with Gasteiger partial charge in [0, 0.05) is 29.0 Å². The molecule has 2 rings (SSSR count). The van der Waals surface area contributed by atoms with Gasteiger partial charge in [0.1, 0.15) is 0 Å². The fourth-order valence-corrected chi connectivity index (χ4v) is 2.25. The molecular weight excluding hydrogens is 202 g/mol. The summed E-state index contributed by atoms with van der Waals surface area (Å²) >= 11 is 3.07. The minimum atomic E-state index is 0.821. The summed E-state index contributed by atoms with van der Waals surface area (Å²) < 4.78 is 4.25. The summed E-state index contributed by atoms with van der Waals surface area (Å²) in [5.41, 5.74) is 1.10. The van der Waals surface area contributed by atoms with Gasteiger partial charge in [-0.2, -0.15) is 20.7 Å². The molecule has 2 aromatic rings. The van der Waals surface area contributed by atoms with Crippen LogP contribution in [-0.4, -0.2) is 15.9 Å². The highest BCUT2D eigenvalue weighted by Crippen LogP contribution is 2.22. The summed E-state index contributed by atoms with van der Waals surface area (Å²) in [5.74, 6) is 0.821. The van der Waals surface area contributed by atoms with Gasteiger partial charge in [-0.15, -0.1) is 0 Å². The van der Waals surface area contributed by atoms with Crippen molar-refractivity contribution >= 4 is 28.0 Å². The zero-order valence-electron chi connectivity index (χ0n) is 7.15. The van der Waals surface area contributed by atoms with Crippen LogP contribution in [0.15, 0.2) is 16.8 Å². The van der Waals surface area contributed by atoms with Gasteiger partial charge in [-0.1, -0.05) is 0 Å². The molecule has 0 amide bonds. The molecule has 0 fully saturated rings. The number of aromatic nitrogens is 2. The first-order chi connectivity index (χ1) is 6.40. The Kier molecular flexibility index (Phi) is 2.56. The predicted molar refractivity (Wildman–Crippen MR) is 57.4 cm³/mol. The fourth-order valence-electron chi connectivity index (χ4n) is 0.955. The number of hydrogen-bond acceptors (Lipinski definition) is 5. The molecule has 0 bridgehead atoms. The van der Waals surface area contributed by atoms with Crippen molar-refractivity contribution in [2.24, 2.45) is 0 Å². The van der Waals surface area contributed by atoms with E-state index < -0.39 is 0 Å². The minimum absolute atomic E-state index is 0.821. The maximum absolute atomic E-state index is 4.35. The van der Waals surface area contributed by atoms with Crippen LogP contribution in [0.3, 0.4) is 0 Å². The second kappa shape index (κ2) is 3.85. The molecule has 2 heterocycles. The maximum Gasteiger partial charge on any atom is 0.202 e. The zero-order chi connectivity index (χ0) is 9.10. The van der Waals surface area contributed by atoms with Gasteiger partial charge in [-0.3, -0.25) is 0 Å². The summed E-state index contributed by atoms with van der Waals surface area (Å²) in [4.78, 5) is 4.35. The highest BCUT2D eigenvalue weighted by Gasteiger charge is 2.05. The van der Waals surface area contributed by atoms with E-state index in [0.717, 1.165) is 23.1 Å². The van der Waals surface area contributed by atoms with E-state index in [9.17, 15) is 0 Å². The first-order valence-corrected chi connectivity index (χ1v) is 5.72. The second-order valence-electron chi connectivity index (χ2n) is 2.47. The Bertz CT molecular complexity index is 366. The Balaban J connectivity index is 2.23. The molecule has 0 aliphatic carbocycles. The Morgan fingerprint density at radius 2 is 2.46 bits per heavy atom. The van der Waals surface area contributed by atoms with Crippen LogP contribution in [0, 0.1) is 0 Å². The minimum Gasteiger partial charge on any atom is -0.361 e. The van der Waals surface area contributed by atoms with Crippen LogP contribution in [0.1, 0.15) is 6.92 Å². The predicted octanol–water partition coefficient (Wildman–Crippen LogP) is 2.70. The molecule has 2 aromatic heterocycles. The Morgan fingerprint density at radius 3 is 3.15 bits per heavy atom. The van der Waals surface area contributed by atoms with E-state index in [2.05, 4.69) is 20.1 Å². The van der Waals surface area contributed by atoms with Crippen molar-refractivity contribution in [3.63, 3.8) is 0 Å². The third kappa shape index (κ3) is 1.87. The third-order valence-corrected chi connectivity index (χ3v) is 2.89. The molecule has 0 aliphatic rings. The molecule has 0 unspecified atom stereocenters. The number of hydrogen-bond donors (Lipinski definition) is 1. The molecule has 0 saturated heterocycles. The van der Waals surface area contributed by atoms with E-state index >= 15 is 0 Å². The summed E-state index contributed by atoms with van der Waals surface area (Å²) in [7, 11) is 0. The van der Waals surface area contributed by atoms with Crippen molar-refractivity contribution < 1.29 is 0 Å². The lowest BCUT2D eigenvalue weighted by Crippen LogP contribution is -1.94. The topological polar surface area (TPSA) is 37.8 Å². The van der Waals surface area contributed by atoms with Crippen LogP contribution in [0.25, 0.3) is 11.4 Å². The number of rotatable bonds is 3. The number of anilines is 1. The van der Waals surface area contributed by atoms with Crippen molar-refractivity contribution in [1.82, 2.24) is 9.36 Å². The Hall–Kier alpha value is -0.940.